The van der Waals surface area contributed by atoms with Gasteiger partial charge in [-0.1, -0.05) is 36.4 Å². The molecule has 0 saturated heterocycles. The number of anilines is 2. The second kappa shape index (κ2) is 7.52. The first kappa shape index (κ1) is 15.9. The van der Waals surface area contributed by atoms with Crippen LogP contribution in [0.4, 0.5) is 11.5 Å². The van der Waals surface area contributed by atoms with Gasteiger partial charge in [-0.2, -0.15) is 0 Å². The van der Waals surface area contributed by atoms with Crippen LogP contribution in [0.3, 0.4) is 0 Å². The van der Waals surface area contributed by atoms with E-state index in [1.165, 1.54) is 6.33 Å². The highest BCUT2D eigenvalue weighted by molar-refractivity contribution is 6.02. The lowest BCUT2D eigenvalue weighted by Crippen LogP contribution is -2.17. The van der Waals surface area contributed by atoms with Crippen LogP contribution in [0, 0.1) is 0 Å². The highest BCUT2D eigenvalue weighted by Gasteiger charge is 2.06. The lowest BCUT2D eigenvalue weighted by molar-refractivity contribution is -0.115. The quantitative estimate of drug-likeness (QED) is 0.649. The smallest absolute Gasteiger partial charge is 0.226 e. The van der Waals surface area contributed by atoms with Crippen LogP contribution in [0.1, 0.15) is 12.1 Å². The summed E-state index contributed by atoms with van der Waals surface area (Å²) in [5, 5.41) is 8.20. The second-order valence-electron chi connectivity index (χ2n) is 5.35. The number of hydrogen-bond acceptors (Lipinski definition) is 5. The number of rotatable bonds is 6. The molecule has 1 heterocycles. The molecule has 0 aliphatic carbocycles. The average Bonchev–Trinajstić information content (AvgIpc) is 2.62. The first-order chi connectivity index (χ1) is 11.8. The predicted molar refractivity (Wildman–Crippen MR) is 95.6 cm³/mol. The molecule has 0 aliphatic rings. The van der Waals surface area contributed by atoms with Crippen LogP contribution in [0.5, 0.6) is 0 Å². The van der Waals surface area contributed by atoms with E-state index in [1.54, 1.807) is 6.07 Å². The second-order valence-corrected chi connectivity index (χ2v) is 5.35. The van der Waals surface area contributed by atoms with Crippen molar-refractivity contribution in [3.63, 3.8) is 0 Å². The van der Waals surface area contributed by atoms with Crippen LogP contribution >= 0.6 is 0 Å². The minimum Gasteiger partial charge on any atom is -0.369 e. The van der Waals surface area contributed by atoms with Crippen LogP contribution in [-0.4, -0.2) is 22.4 Å². The average molecular weight is 321 g/mol. The Balaban J connectivity index is 1.57. The van der Waals surface area contributed by atoms with Gasteiger partial charge in [0.2, 0.25) is 5.91 Å². The molecular formula is C18H19N5O. The van der Waals surface area contributed by atoms with E-state index in [1.807, 2.05) is 42.5 Å². The molecule has 4 N–H and O–H groups in total. The van der Waals surface area contributed by atoms with Gasteiger partial charge in [-0.25, -0.2) is 9.97 Å². The minimum absolute atomic E-state index is 0.0491. The minimum atomic E-state index is -0.0491. The van der Waals surface area contributed by atoms with E-state index in [0.717, 1.165) is 22.2 Å². The van der Waals surface area contributed by atoms with E-state index in [4.69, 9.17) is 5.73 Å². The Morgan fingerprint density at radius 1 is 1.08 bits per heavy atom. The van der Waals surface area contributed by atoms with E-state index in [9.17, 15) is 4.79 Å². The van der Waals surface area contributed by atoms with Gasteiger partial charge in [0, 0.05) is 36.7 Å². The first-order valence-corrected chi connectivity index (χ1v) is 7.79. The molecule has 122 valence electrons. The predicted octanol–water partition coefficient (Wildman–Crippen LogP) is 2.53. The number of hydrogen-bond donors (Lipinski definition) is 3. The molecule has 0 saturated carbocycles. The number of nitrogens with one attached hydrogen (secondary N) is 2. The molecule has 0 radical (unpaired) electrons. The van der Waals surface area contributed by atoms with Crippen LogP contribution in [0.15, 0.2) is 54.9 Å². The Morgan fingerprint density at radius 3 is 2.79 bits per heavy atom. The van der Waals surface area contributed by atoms with Crippen molar-refractivity contribution < 1.29 is 4.79 Å². The van der Waals surface area contributed by atoms with E-state index in [2.05, 4.69) is 20.6 Å². The van der Waals surface area contributed by atoms with Crippen LogP contribution < -0.4 is 16.4 Å². The topological polar surface area (TPSA) is 92.9 Å². The maximum atomic E-state index is 12.2. The maximum Gasteiger partial charge on any atom is 0.226 e. The fourth-order valence-corrected chi connectivity index (χ4v) is 2.46. The normalized spacial score (nSPS) is 10.5. The highest BCUT2D eigenvalue weighted by atomic mass is 16.1. The fraction of sp³-hybridized carbons (Fsp3) is 0.167. The number of amides is 1. The lowest BCUT2D eigenvalue weighted by Gasteiger charge is -2.09. The van der Waals surface area contributed by atoms with Gasteiger partial charge in [-0.05, 0) is 11.5 Å². The number of carbonyl (C=O) groups is 1. The third-order valence-electron chi connectivity index (χ3n) is 3.65. The Kier molecular flexibility index (Phi) is 4.98. The fourth-order valence-electron chi connectivity index (χ4n) is 2.46. The summed E-state index contributed by atoms with van der Waals surface area (Å²) in [6.45, 7) is 0.844. The molecule has 0 unspecified atom stereocenters. The molecule has 3 aromatic rings. The van der Waals surface area contributed by atoms with E-state index >= 15 is 0 Å². The van der Waals surface area contributed by atoms with Gasteiger partial charge in [-0.15, -0.1) is 0 Å². The van der Waals surface area contributed by atoms with Crippen LogP contribution in [0.2, 0.25) is 0 Å². The maximum absolute atomic E-state index is 12.2. The van der Waals surface area contributed by atoms with Crippen molar-refractivity contribution in [2.45, 2.75) is 13.0 Å². The number of fused-ring (bicyclic) bond motifs is 1. The summed E-state index contributed by atoms with van der Waals surface area (Å²) in [4.78, 5) is 20.3. The Hall–Kier alpha value is -2.99. The van der Waals surface area contributed by atoms with Crippen molar-refractivity contribution in [1.29, 1.82) is 0 Å². The molecule has 24 heavy (non-hydrogen) atoms. The lowest BCUT2D eigenvalue weighted by atomic mass is 10.1. The van der Waals surface area contributed by atoms with Crippen LogP contribution in [0.25, 0.3) is 10.8 Å². The Labute approximate surface area is 140 Å². The zero-order valence-electron chi connectivity index (χ0n) is 13.2. The number of nitrogens with two attached hydrogens (primary N) is 1. The molecule has 0 fully saturated rings. The molecule has 0 aliphatic heterocycles. The monoisotopic (exact) mass is 321 g/mol. The van der Waals surface area contributed by atoms with Gasteiger partial charge in [0.15, 0.2) is 0 Å². The third-order valence-corrected chi connectivity index (χ3v) is 3.65. The van der Waals surface area contributed by atoms with Gasteiger partial charge in [-0.3, -0.25) is 4.79 Å². The van der Waals surface area contributed by atoms with Gasteiger partial charge in [0.05, 0.1) is 5.69 Å². The van der Waals surface area contributed by atoms with Gasteiger partial charge >= 0.3 is 0 Å². The molecule has 1 aromatic heterocycles. The molecule has 3 rings (SSSR count). The molecule has 0 atom stereocenters. The summed E-state index contributed by atoms with van der Waals surface area (Å²) in [5.41, 5.74) is 7.13. The van der Waals surface area contributed by atoms with Gasteiger partial charge in [0.25, 0.3) is 0 Å². The summed E-state index contributed by atoms with van der Waals surface area (Å²) < 4.78 is 0. The molecule has 6 nitrogen and oxygen atoms in total. The molecule has 1 amide bonds. The number of carbonyl (C=O) groups excluding carboxylic acids is 1. The molecule has 0 bridgehead atoms. The third kappa shape index (κ3) is 3.85. The van der Waals surface area contributed by atoms with E-state index in [0.29, 0.717) is 25.3 Å². The molecule has 2 aromatic carbocycles. The standard InChI is InChI=1S/C18H19N5O/c19-11-14-10-17(22-12-21-14)20-9-8-18(24)23-16-7-3-5-13-4-1-2-6-15(13)16/h1-7,10,12H,8-9,11,19H2,(H,23,24)(H,20,21,22). The summed E-state index contributed by atoms with van der Waals surface area (Å²) in [6.07, 6.45) is 1.80. The van der Waals surface area contributed by atoms with E-state index < -0.39 is 0 Å². The highest BCUT2D eigenvalue weighted by Crippen LogP contribution is 2.22. The molecule has 6 heteroatoms. The summed E-state index contributed by atoms with van der Waals surface area (Å²) >= 11 is 0. The van der Waals surface area contributed by atoms with Gasteiger partial charge < -0.3 is 16.4 Å². The SMILES string of the molecule is NCc1cc(NCCC(=O)Nc2cccc3ccccc23)ncn1. The summed E-state index contributed by atoms with van der Waals surface area (Å²) in [6, 6.07) is 15.6. The first-order valence-electron chi connectivity index (χ1n) is 7.79. The van der Waals surface area contributed by atoms with E-state index in [-0.39, 0.29) is 5.91 Å². The largest absolute Gasteiger partial charge is 0.369 e. The van der Waals surface area contributed by atoms with Crippen molar-refractivity contribution in [2.75, 3.05) is 17.2 Å². The summed E-state index contributed by atoms with van der Waals surface area (Å²) in [5.74, 6) is 0.621. The zero-order chi connectivity index (χ0) is 16.8. The van der Waals surface area contributed by atoms with Crippen molar-refractivity contribution >= 4 is 28.2 Å². The van der Waals surface area contributed by atoms with Gasteiger partial charge in [0.1, 0.15) is 12.1 Å². The Bertz CT molecular complexity index is 844. The van der Waals surface area contributed by atoms with Crippen molar-refractivity contribution in [3.8, 4) is 0 Å². The zero-order valence-corrected chi connectivity index (χ0v) is 13.2. The number of nitrogens with zero attached hydrogens (tertiary/aromatic N) is 2. The summed E-state index contributed by atoms with van der Waals surface area (Å²) in [7, 11) is 0. The molecule has 0 spiro atoms. The Morgan fingerprint density at radius 2 is 1.92 bits per heavy atom. The number of aromatic nitrogens is 2. The van der Waals surface area contributed by atoms with Crippen LogP contribution in [-0.2, 0) is 11.3 Å². The van der Waals surface area contributed by atoms with Crippen molar-refractivity contribution in [3.05, 3.63) is 60.6 Å². The van der Waals surface area contributed by atoms with Crippen molar-refractivity contribution in [2.24, 2.45) is 5.73 Å². The van der Waals surface area contributed by atoms with Crippen molar-refractivity contribution in [1.82, 2.24) is 9.97 Å². The molecular weight excluding hydrogens is 302 g/mol. The number of benzene rings is 2.